The first kappa shape index (κ1) is 20.5. The predicted octanol–water partition coefficient (Wildman–Crippen LogP) is 2.86. The van der Waals surface area contributed by atoms with E-state index in [9.17, 15) is 14.4 Å². The molecule has 9 heteroatoms. The van der Waals surface area contributed by atoms with Crippen LogP contribution in [0.15, 0.2) is 30.3 Å². The van der Waals surface area contributed by atoms with Crippen LogP contribution in [0.2, 0.25) is 5.02 Å². The number of amides is 1. The van der Waals surface area contributed by atoms with Gasteiger partial charge >= 0.3 is 11.9 Å². The third-order valence-electron chi connectivity index (χ3n) is 4.43. The van der Waals surface area contributed by atoms with Gasteiger partial charge in [-0.05, 0) is 17.7 Å². The van der Waals surface area contributed by atoms with E-state index in [-0.39, 0.29) is 17.7 Å². The van der Waals surface area contributed by atoms with Crippen LogP contribution in [0.3, 0.4) is 0 Å². The lowest BCUT2D eigenvalue weighted by Gasteiger charge is -2.24. The van der Waals surface area contributed by atoms with E-state index >= 15 is 0 Å². The minimum absolute atomic E-state index is 0.0628. The van der Waals surface area contributed by atoms with Gasteiger partial charge in [0.25, 0.3) is 5.91 Å². The van der Waals surface area contributed by atoms with E-state index in [2.05, 4.69) is 5.32 Å². The van der Waals surface area contributed by atoms with E-state index in [4.69, 9.17) is 30.5 Å². The second-order valence-electron chi connectivity index (χ2n) is 6.13. The number of anilines is 1. The molecule has 1 atom stereocenters. The molecule has 29 heavy (non-hydrogen) atoms. The Morgan fingerprint density at radius 2 is 1.79 bits per heavy atom. The quantitative estimate of drug-likeness (QED) is 0.743. The van der Waals surface area contributed by atoms with Crippen molar-refractivity contribution in [3.8, 4) is 11.5 Å². The summed E-state index contributed by atoms with van der Waals surface area (Å²) in [7, 11) is 4.06. The Hall–Kier alpha value is -3.26. The molecule has 0 saturated heterocycles. The van der Waals surface area contributed by atoms with Gasteiger partial charge in [0, 0.05) is 23.6 Å². The number of nitrogens with one attached hydrogen (secondary N) is 1. The molecule has 3 rings (SSSR count). The van der Waals surface area contributed by atoms with Crippen molar-refractivity contribution in [2.75, 3.05) is 26.6 Å². The van der Waals surface area contributed by atoms with Gasteiger partial charge in [-0.3, -0.25) is 4.79 Å². The van der Waals surface area contributed by atoms with Crippen molar-refractivity contribution in [3.63, 3.8) is 0 Å². The molecular weight excluding hydrogens is 402 g/mol. The van der Waals surface area contributed by atoms with E-state index < -0.39 is 23.9 Å². The van der Waals surface area contributed by atoms with Crippen LogP contribution in [0.4, 0.5) is 5.69 Å². The minimum Gasteiger partial charge on any atom is -0.493 e. The Morgan fingerprint density at radius 3 is 2.45 bits per heavy atom. The van der Waals surface area contributed by atoms with Crippen LogP contribution >= 0.6 is 11.6 Å². The normalized spacial score (nSPS) is 15.0. The summed E-state index contributed by atoms with van der Waals surface area (Å²) in [6, 6.07) is 7.63. The Kier molecular flexibility index (Phi) is 5.93. The van der Waals surface area contributed by atoms with E-state index in [1.54, 1.807) is 12.1 Å². The first-order chi connectivity index (χ1) is 13.9. The van der Waals surface area contributed by atoms with Crippen LogP contribution in [-0.2, 0) is 20.7 Å². The number of esters is 2. The number of benzene rings is 2. The smallest absolute Gasteiger partial charge is 0.340 e. The summed E-state index contributed by atoms with van der Waals surface area (Å²) in [6.07, 6.45) is -0.903. The van der Waals surface area contributed by atoms with E-state index in [0.29, 0.717) is 27.6 Å². The van der Waals surface area contributed by atoms with Gasteiger partial charge in [0.1, 0.15) is 0 Å². The zero-order valence-electron chi connectivity index (χ0n) is 15.9. The zero-order valence-corrected chi connectivity index (χ0v) is 16.7. The van der Waals surface area contributed by atoms with Gasteiger partial charge in [0.15, 0.2) is 17.6 Å². The second-order valence-corrected chi connectivity index (χ2v) is 6.57. The lowest BCUT2D eigenvalue weighted by molar-refractivity contribution is -0.125. The van der Waals surface area contributed by atoms with Gasteiger partial charge in [-0.15, -0.1) is 0 Å². The van der Waals surface area contributed by atoms with Crippen LogP contribution in [0, 0.1) is 0 Å². The third-order valence-corrected chi connectivity index (χ3v) is 4.66. The fraction of sp³-hybridized carbons (Fsp3) is 0.250. The summed E-state index contributed by atoms with van der Waals surface area (Å²) < 4.78 is 20.4. The Balaban J connectivity index is 1.89. The number of cyclic esters (lactones) is 1. The maximum Gasteiger partial charge on any atom is 0.340 e. The van der Waals surface area contributed by atoms with Gasteiger partial charge in [0.2, 0.25) is 0 Å². The molecule has 1 N–H and O–H groups in total. The first-order valence-corrected chi connectivity index (χ1v) is 8.90. The van der Waals surface area contributed by atoms with Crippen LogP contribution < -0.4 is 14.8 Å². The third kappa shape index (κ3) is 4.12. The Morgan fingerprint density at radius 1 is 1.10 bits per heavy atom. The second kappa shape index (κ2) is 8.40. The number of methoxy groups -OCH3 is 3. The van der Waals surface area contributed by atoms with Crippen LogP contribution in [0.1, 0.15) is 26.3 Å². The lowest BCUT2D eigenvalue weighted by Crippen LogP contribution is -2.38. The number of carbonyl (C=O) groups excluding carboxylic acids is 3. The number of halogens is 1. The summed E-state index contributed by atoms with van der Waals surface area (Å²) in [6.45, 7) is 0. The van der Waals surface area contributed by atoms with Crippen molar-refractivity contribution in [1.29, 1.82) is 0 Å². The van der Waals surface area contributed by atoms with Crippen LogP contribution in [0.25, 0.3) is 0 Å². The molecule has 0 bridgehead atoms. The molecule has 8 nitrogen and oxygen atoms in total. The highest BCUT2D eigenvalue weighted by Gasteiger charge is 2.32. The number of hydrogen-bond donors (Lipinski definition) is 1. The molecule has 1 amide bonds. The lowest BCUT2D eigenvalue weighted by atomic mass is 9.98. The molecule has 152 valence electrons. The Labute approximate surface area is 171 Å². The van der Waals surface area contributed by atoms with Crippen molar-refractivity contribution in [2.45, 2.75) is 12.5 Å². The van der Waals surface area contributed by atoms with Gasteiger partial charge in [-0.2, -0.15) is 0 Å². The summed E-state index contributed by atoms with van der Waals surface area (Å²) in [4.78, 5) is 37.1. The molecule has 0 radical (unpaired) electrons. The summed E-state index contributed by atoms with van der Waals surface area (Å²) in [5, 5.41) is 3.01. The number of fused-ring (bicyclic) bond motifs is 1. The average Bonchev–Trinajstić information content (AvgIpc) is 2.73. The standard InChI is InChI=1S/C20H18ClNO7/c1-26-15-8-13(19(24)28-3)14(9-16(15)27-2)22-18(23)17-6-10-4-5-11(21)7-12(10)20(25)29-17/h4-5,7-9,17H,6H2,1-3H3,(H,22,23)/t17-/m0/s1. The zero-order chi connectivity index (χ0) is 21.1. The van der Waals surface area contributed by atoms with E-state index in [1.165, 1.54) is 39.5 Å². The maximum absolute atomic E-state index is 12.8. The van der Waals surface area contributed by atoms with Gasteiger partial charge in [0.05, 0.1) is 38.1 Å². The first-order valence-electron chi connectivity index (χ1n) is 8.52. The van der Waals surface area contributed by atoms with Gasteiger partial charge in [-0.25, -0.2) is 9.59 Å². The Bertz CT molecular complexity index is 989. The summed E-state index contributed by atoms with van der Waals surface area (Å²) in [5.41, 5.74) is 1.17. The molecular formula is C20H18ClNO7. The van der Waals surface area contributed by atoms with Gasteiger partial charge < -0.3 is 24.3 Å². The van der Waals surface area contributed by atoms with Gasteiger partial charge in [-0.1, -0.05) is 17.7 Å². The molecule has 0 saturated carbocycles. The fourth-order valence-corrected chi connectivity index (χ4v) is 3.14. The molecule has 1 aliphatic heterocycles. The number of hydrogen-bond acceptors (Lipinski definition) is 7. The highest BCUT2D eigenvalue weighted by atomic mass is 35.5. The van der Waals surface area contributed by atoms with Crippen molar-refractivity contribution in [1.82, 2.24) is 0 Å². The molecule has 1 heterocycles. The average molecular weight is 420 g/mol. The topological polar surface area (TPSA) is 100 Å². The van der Waals surface area contributed by atoms with E-state index in [1.807, 2.05) is 0 Å². The fourth-order valence-electron chi connectivity index (χ4n) is 2.97. The van der Waals surface area contributed by atoms with Crippen molar-refractivity contribution < 1.29 is 33.3 Å². The van der Waals surface area contributed by atoms with Crippen LogP contribution in [0.5, 0.6) is 11.5 Å². The van der Waals surface area contributed by atoms with Crippen LogP contribution in [-0.4, -0.2) is 45.3 Å². The molecule has 1 aliphatic rings. The molecule has 0 spiro atoms. The van der Waals surface area contributed by atoms with E-state index in [0.717, 1.165) is 0 Å². The number of carbonyl (C=O) groups is 3. The largest absolute Gasteiger partial charge is 0.493 e. The summed E-state index contributed by atoms with van der Waals surface area (Å²) in [5.74, 6) is -1.33. The molecule has 0 aromatic heterocycles. The molecule has 0 fully saturated rings. The highest BCUT2D eigenvalue weighted by Crippen LogP contribution is 2.34. The maximum atomic E-state index is 12.8. The molecule has 2 aromatic carbocycles. The monoisotopic (exact) mass is 419 g/mol. The van der Waals surface area contributed by atoms with Crippen molar-refractivity contribution >= 4 is 35.1 Å². The molecule has 0 aliphatic carbocycles. The molecule has 2 aromatic rings. The highest BCUT2D eigenvalue weighted by molar-refractivity contribution is 6.31. The molecule has 0 unspecified atom stereocenters. The minimum atomic E-state index is -1.07. The number of rotatable bonds is 5. The SMILES string of the molecule is COC(=O)c1cc(OC)c(OC)cc1NC(=O)[C@@H]1Cc2ccc(Cl)cc2C(=O)O1. The predicted molar refractivity (Wildman–Crippen MR) is 104 cm³/mol. The summed E-state index contributed by atoms with van der Waals surface area (Å²) >= 11 is 5.91. The number of ether oxygens (including phenoxy) is 4. The van der Waals surface area contributed by atoms with Crippen molar-refractivity contribution in [3.05, 3.63) is 52.0 Å². The van der Waals surface area contributed by atoms with Crippen molar-refractivity contribution in [2.24, 2.45) is 0 Å².